The number of hydrogen-bond acceptors (Lipinski definition) is 1. The second-order valence-corrected chi connectivity index (χ2v) is 5.64. The van der Waals surface area contributed by atoms with Gasteiger partial charge in [-0.15, -0.1) is 0 Å². The van der Waals surface area contributed by atoms with Crippen LogP contribution in [-0.2, 0) is 0 Å². The van der Waals surface area contributed by atoms with Gasteiger partial charge in [0.25, 0.3) is 0 Å². The van der Waals surface area contributed by atoms with Gasteiger partial charge in [0.1, 0.15) is 5.82 Å². The molecule has 0 aromatic heterocycles. The number of nitrogens with one attached hydrogen (secondary N) is 1. The van der Waals surface area contributed by atoms with Gasteiger partial charge in [0.2, 0.25) is 0 Å². The Kier molecular flexibility index (Phi) is 4.38. The van der Waals surface area contributed by atoms with E-state index in [-0.39, 0.29) is 11.9 Å². The molecule has 0 fully saturated rings. The minimum Gasteiger partial charge on any atom is -0.309 e. The van der Waals surface area contributed by atoms with E-state index >= 15 is 0 Å². The summed E-state index contributed by atoms with van der Waals surface area (Å²) in [5.74, 6) is -0.191. The largest absolute Gasteiger partial charge is 0.309 e. The summed E-state index contributed by atoms with van der Waals surface area (Å²) in [6.45, 7) is 4.03. The SMILES string of the molecule is CNC(c1ccc(F)cc1C)c1ccc(Br)cc1C. The highest BCUT2D eigenvalue weighted by Crippen LogP contribution is 2.29. The maximum absolute atomic E-state index is 13.2. The van der Waals surface area contributed by atoms with Crippen LogP contribution in [0.1, 0.15) is 28.3 Å². The van der Waals surface area contributed by atoms with E-state index in [0.29, 0.717) is 0 Å². The Morgan fingerprint density at radius 2 is 1.58 bits per heavy atom. The zero-order valence-corrected chi connectivity index (χ0v) is 12.9. The van der Waals surface area contributed by atoms with Gasteiger partial charge in [-0.3, -0.25) is 0 Å². The molecule has 2 aromatic rings. The molecule has 19 heavy (non-hydrogen) atoms. The third-order valence-corrected chi connectivity index (χ3v) is 3.87. The summed E-state index contributed by atoms with van der Waals surface area (Å²) < 4.78 is 14.3. The van der Waals surface area contributed by atoms with E-state index in [1.54, 1.807) is 6.07 Å². The maximum Gasteiger partial charge on any atom is 0.123 e. The van der Waals surface area contributed by atoms with Crippen molar-refractivity contribution in [2.24, 2.45) is 0 Å². The average molecular weight is 322 g/mol. The molecule has 0 aliphatic heterocycles. The first-order valence-corrected chi connectivity index (χ1v) is 7.01. The van der Waals surface area contributed by atoms with E-state index in [1.807, 2.05) is 26.1 Å². The number of benzene rings is 2. The highest BCUT2D eigenvalue weighted by atomic mass is 79.9. The van der Waals surface area contributed by atoms with Gasteiger partial charge in [-0.25, -0.2) is 4.39 Å². The zero-order valence-electron chi connectivity index (χ0n) is 11.3. The molecule has 0 saturated carbocycles. The molecule has 0 bridgehead atoms. The number of aryl methyl sites for hydroxylation is 2. The summed E-state index contributed by atoms with van der Waals surface area (Å²) in [7, 11) is 1.93. The normalized spacial score (nSPS) is 12.5. The molecule has 1 atom stereocenters. The minimum absolute atomic E-state index is 0.0775. The van der Waals surface area contributed by atoms with Crippen molar-refractivity contribution in [3.8, 4) is 0 Å². The molecule has 0 amide bonds. The quantitative estimate of drug-likeness (QED) is 0.876. The highest BCUT2D eigenvalue weighted by molar-refractivity contribution is 9.10. The van der Waals surface area contributed by atoms with Crippen molar-refractivity contribution in [3.63, 3.8) is 0 Å². The van der Waals surface area contributed by atoms with Gasteiger partial charge in [-0.2, -0.15) is 0 Å². The molecule has 2 rings (SSSR count). The van der Waals surface area contributed by atoms with Gasteiger partial charge in [0, 0.05) is 4.47 Å². The fourth-order valence-electron chi connectivity index (χ4n) is 2.40. The van der Waals surface area contributed by atoms with E-state index in [2.05, 4.69) is 40.3 Å². The predicted octanol–water partition coefficient (Wildman–Crippen LogP) is 4.51. The first kappa shape index (κ1) is 14.2. The molecule has 0 saturated heterocycles. The lowest BCUT2D eigenvalue weighted by Crippen LogP contribution is -2.19. The van der Waals surface area contributed by atoms with Gasteiger partial charge < -0.3 is 5.32 Å². The van der Waals surface area contributed by atoms with Crippen molar-refractivity contribution in [1.82, 2.24) is 5.32 Å². The second kappa shape index (κ2) is 5.85. The van der Waals surface area contributed by atoms with E-state index in [1.165, 1.54) is 17.2 Å². The molecule has 0 aliphatic carbocycles. The van der Waals surface area contributed by atoms with E-state index < -0.39 is 0 Å². The molecule has 0 radical (unpaired) electrons. The zero-order chi connectivity index (χ0) is 14.0. The second-order valence-electron chi connectivity index (χ2n) is 4.72. The van der Waals surface area contributed by atoms with Gasteiger partial charge in [0.15, 0.2) is 0 Å². The lowest BCUT2D eigenvalue weighted by atomic mass is 9.92. The molecule has 1 nitrogen and oxygen atoms in total. The summed E-state index contributed by atoms with van der Waals surface area (Å²) in [5, 5.41) is 3.32. The molecule has 100 valence electrons. The van der Waals surface area contributed by atoms with Crippen LogP contribution in [0.15, 0.2) is 40.9 Å². The summed E-state index contributed by atoms with van der Waals surface area (Å²) in [6, 6.07) is 11.3. The molecule has 0 spiro atoms. The van der Waals surface area contributed by atoms with Crippen LogP contribution in [0.3, 0.4) is 0 Å². The first-order valence-electron chi connectivity index (χ1n) is 6.22. The van der Waals surface area contributed by atoms with Crippen molar-refractivity contribution in [1.29, 1.82) is 0 Å². The van der Waals surface area contributed by atoms with Crippen LogP contribution in [0.25, 0.3) is 0 Å². The topological polar surface area (TPSA) is 12.0 Å². The van der Waals surface area contributed by atoms with Crippen molar-refractivity contribution in [2.45, 2.75) is 19.9 Å². The predicted molar refractivity (Wildman–Crippen MR) is 80.9 cm³/mol. The van der Waals surface area contributed by atoms with Crippen molar-refractivity contribution in [2.75, 3.05) is 7.05 Å². The Balaban J connectivity index is 2.50. The minimum atomic E-state index is -0.191. The molecule has 1 N–H and O–H groups in total. The summed E-state index contributed by atoms with van der Waals surface area (Å²) >= 11 is 3.48. The van der Waals surface area contributed by atoms with Gasteiger partial charge in [0.05, 0.1) is 6.04 Å². The third kappa shape index (κ3) is 3.04. The van der Waals surface area contributed by atoms with Crippen LogP contribution in [0.5, 0.6) is 0 Å². The summed E-state index contributed by atoms with van der Waals surface area (Å²) in [5.41, 5.74) is 4.48. The Morgan fingerprint density at radius 3 is 2.11 bits per heavy atom. The molecular weight excluding hydrogens is 305 g/mol. The molecule has 1 unspecified atom stereocenters. The van der Waals surface area contributed by atoms with Gasteiger partial charge >= 0.3 is 0 Å². The van der Waals surface area contributed by atoms with E-state index in [9.17, 15) is 4.39 Å². The van der Waals surface area contributed by atoms with Crippen molar-refractivity contribution >= 4 is 15.9 Å². The standard InChI is InChI=1S/C16H17BrFN/c1-10-8-12(17)4-6-14(10)16(19-3)15-7-5-13(18)9-11(15)2/h4-9,16,19H,1-3H3. The molecule has 0 heterocycles. The smallest absolute Gasteiger partial charge is 0.123 e. The molecule has 0 aliphatic rings. The molecular formula is C16H17BrFN. The fourth-order valence-corrected chi connectivity index (χ4v) is 2.88. The monoisotopic (exact) mass is 321 g/mol. The van der Waals surface area contributed by atoms with Gasteiger partial charge in [-0.05, 0) is 67.4 Å². The number of hydrogen-bond donors (Lipinski definition) is 1. The fraction of sp³-hybridized carbons (Fsp3) is 0.250. The Bertz CT molecular complexity index is 544. The van der Waals surface area contributed by atoms with Crippen LogP contribution >= 0.6 is 15.9 Å². The van der Waals surface area contributed by atoms with E-state index in [4.69, 9.17) is 0 Å². The molecule has 2 aromatic carbocycles. The van der Waals surface area contributed by atoms with Crippen LogP contribution in [0.2, 0.25) is 0 Å². The summed E-state index contributed by atoms with van der Waals surface area (Å²) in [4.78, 5) is 0. The third-order valence-electron chi connectivity index (χ3n) is 3.37. The lowest BCUT2D eigenvalue weighted by molar-refractivity contribution is 0.621. The highest BCUT2D eigenvalue weighted by Gasteiger charge is 2.16. The average Bonchev–Trinajstić information content (AvgIpc) is 2.34. The van der Waals surface area contributed by atoms with Gasteiger partial charge in [-0.1, -0.05) is 28.1 Å². The van der Waals surface area contributed by atoms with Crippen LogP contribution < -0.4 is 5.32 Å². The summed E-state index contributed by atoms with van der Waals surface area (Å²) in [6.07, 6.45) is 0. The Hall–Kier alpha value is -1.19. The number of rotatable bonds is 3. The Morgan fingerprint density at radius 1 is 1.00 bits per heavy atom. The van der Waals surface area contributed by atoms with Crippen LogP contribution in [-0.4, -0.2) is 7.05 Å². The first-order chi connectivity index (χ1) is 9.02. The molecule has 3 heteroatoms. The van der Waals surface area contributed by atoms with Crippen LogP contribution in [0, 0.1) is 19.7 Å². The lowest BCUT2D eigenvalue weighted by Gasteiger charge is -2.21. The maximum atomic E-state index is 13.2. The van der Waals surface area contributed by atoms with E-state index in [0.717, 1.165) is 15.6 Å². The number of halogens is 2. The Labute approximate surface area is 122 Å². The van der Waals surface area contributed by atoms with Crippen LogP contribution in [0.4, 0.5) is 4.39 Å². The van der Waals surface area contributed by atoms with Crippen molar-refractivity contribution < 1.29 is 4.39 Å². The van der Waals surface area contributed by atoms with Crippen molar-refractivity contribution in [3.05, 3.63) is 68.9 Å².